The van der Waals surface area contributed by atoms with Gasteiger partial charge in [0.25, 0.3) is 0 Å². The van der Waals surface area contributed by atoms with Gasteiger partial charge in [-0.05, 0) is 6.92 Å². The van der Waals surface area contributed by atoms with Gasteiger partial charge in [0.05, 0.1) is 12.1 Å². The second-order valence-electron chi connectivity index (χ2n) is 4.57. The van der Waals surface area contributed by atoms with Gasteiger partial charge in [0.1, 0.15) is 0 Å². The van der Waals surface area contributed by atoms with Crippen LogP contribution in [0.25, 0.3) is 11.4 Å². The zero-order valence-corrected chi connectivity index (χ0v) is 10.8. The van der Waals surface area contributed by atoms with E-state index in [1.807, 2.05) is 37.3 Å². The molecular formula is C14H14N4O. The molecule has 1 amide bonds. The van der Waals surface area contributed by atoms with E-state index in [2.05, 4.69) is 10.1 Å². The van der Waals surface area contributed by atoms with Crippen molar-refractivity contribution in [1.82, 2.24) is 9.66 Å². The minimum atomic E-state index is -0.228. The van der Waals surface area contributed by atoms with Crippen LogP contribution in [0.3, 0.4) is 0 Å². The minimum Gasteiger partial charge on any atom is -0.298 e. The minimum absolute atomic E-state index is 0.0158. The molecule has 0 saturated heterocycles. The van der Waals surface area contributed by atoms with Gasteiger partial charge < -0.3 is 0 Å². The van der Waals surface area contributed by atoms with E-state index in [-0.39, 0.29) is 11.8 Å². The zero-order chi connectivity index (χ0) is 13.4. The molecule has 1 unspecified atom stereocenters. The molecule has 1 aromatic heterocycles. The second-order valence-corrected chi connectivity index (χ2v) is 4.57. The van der Waals surface area contributed by atoms with Crippen LogP contribution in [0.1, 0.15) is 6.92 Å². The molecule has 0 bridgehead atoms. The van der Waals surface area contributed by atoms with Gasteiger partial charge in [0.2, 0.25) is 5.91 Å². The SMILES string of the molecule is CC1C=Nn2c(cnc2-c2ccccc2)N(C)C1=O. The van der Waals surface area contributed by atoms with Crippen molar-refractivity contribution in [2.24, 2.45) is 11.0 Å². The molecule has 96 valence electrons. The van der Waals surface area contributed by atoms with E-state index in [9.17, 15) is 4.79 Å². The number of rotatable bonds is 1. The van der Waals surface area contributed by atoms with Crippen molar-refractivity contribution in [1.29, 1.82) is 0 Å². The lowest BCUT2D eigenvalue weighted by molar-refractivity contribution is -0.119. The van der Waals surface area contributed by atoms with Gasteiger partial charge in [0, 0.05) is 18.8 Å². The largest absolute Gasteiger partial charge is 0.298 e. The fourth-order valence-corrected chi connectivity index (χ4v) is 2.11. The maximum atomic E-state index is 12.0. The van der Waals surface area contributed by atoms with E-state index in [4.69, 9.17) is 0 Å². The van der Waals surface area contributed by atoms with Crippen LogP contribution in [-0.2, 0) is 4.79 Å². The summed E-state index contributed by atoms with van der Waals surface area (Å²) >= 11 is 0. The summed E-state index contributed by atoms with van der Waals surface area (Å²) in [4.78, 5) is 18.0. The highest BCUT2D eigenvalue weighted by Gasteiger charge is 2.25. The monoisotopic (exact) mass is 254 g/mol. The van der Waals surface area contributed by atoms with E-state index in [1.54, 1.807) is 29.0 Å². The van der Waals surface area contributed by atoms with E-state index in [0.717, 1.165) is 11.4 Å². The van der Waals surface area contributed by atoms with Gasteiger partial charge in [-0.3, -0.25) is 9.69 Å². The molecule has 0 radical (unpaired) electrons. The third kappa shape index (κ3) is 1.83. The third-order valence-corrected chi connectivity index (χ3v) is 3.22. The topological polar surface area (TPSA) is 50.5 Å². The Morgan fingerprint density at radius 2 is 1.95 bits per heavy atom. The highest BCUT2D eigenvalue weighted by Crippen LogP contribution is 2.26. The second kappa shape index (κ2) is 4.35. The van der Waals surface area contributed by atoms with Crippen molar-refractivity contribution in [2.45, 2.75) is 6.92 Å². The van der Waals surface area contributed by atoms with Crippen LogP contribution in [0.5, 0.6) is 0 Å². The molecule has 5 nitrogen and oxygen atoms in total. The number of aromatic nitrogens is 2. The summed E-state index contributed by atoms with van der Waals surface area (Å²) in [7, 11) is 1.75. The van der Waals surface area contributed by atoms with Crippen molar-refractivity contribution in [2.75, 3.05) is 11.9 Å². The average Bonchev–Trinajstić information content (AvgIpc) is 2.83. The Morgan fingerprint density at radius 3 is 2.68 bits per heavy atom. The van der Waals surface area contributed by atoms with Crippen LogP contribution < -0.4 is 4.90 Å². The smallest absolute Gasteiger partial charge is 0.236 e. The van der Waals surface area contributed by atoms with E-state index in [1.165, 1.54) is 0 Å². The first-order chi connectivity index (χ1) is 9.18. The van der Waals surface area contributed by atoms with Crippen molar-refractivity contribution in [3.63, 3.8) is 0 Å². The number of anilines is 1. The fraction of sp³-hybridized carbons (Fsp3) is 0.214. The number of carbonyl (C=O) groups excluding carboxylic acids is 1. The molecule has 3 rings (SSSR count). The Labute approximate surface area is 111 Å². The van der Waals surface area contributed by atoms with Crippen molar-refractivity contribution in [3.05, 3.63) is 36.5 Å². The Hall–Kier alpha value is -2.43. The number of nitrogens with zero attached hydrogens (tertiary/aromatic N) is 4. The molecule has 1 aromatic carbocycles. The first-order valence-corrected chi connectivity index (χ1v) is 6.13. The molecule has 0 saturated carbocycles. The van der Waals surface area contributed by atoms with Crippen molar-refractivity contribution >= 4 is 17.9 Å². The first kappa shape index (κ1) is 11.6. The fourth-order valence-electron chi connectivity index (χ4n) is 2.11. The van der Waals surface area contributed by atoms with Crippen LogP contribution in [0.4, 0.5) is 5.82 Å². The highest BCUT2D eigenvalue weighted by molar-refractivity contribution is 6.03. The number of hydrogen-bond acceptors (Lipinski definition) is 3. The van der Waals surface area contributed by atoms with E-state index in [0.29, 0.717) is 5.82 Å². The molecule has 0 spiro atoms. The zero-order valence-electron chi connectivity index (χ0n) is 10.8. The number of fused-ring (bicyclic) bond motifs is 1. The average molecular weight is 254 g/mol. The number of carbonyl (C=O) groups is 1. The van der Waals surface area contributed by atoms with Crippen LogP contribution in [0.15, 0.2) is 41.6 Å². The quantitative estimate of drug-likeness (QED) is 0.781. The molecule has 2 heterocycles. The Bertz CT molecular complexity index is 645. The van der Waals surface area contributed by atoms with Gasteiger partial charge in [-0.25, -0.2) is 4.98 Å². The summed E-state index contributed by atoms with van der Waals surface area (Å²) in [6, 6.07) is 9.81. The van der Waals surface area contributed by atoms with Crippen molar-refractivity contribution in [3.8, 4) is 11.4 Å². The lowest BCUT2D eigenvalue weighted by Gasteiger charge is -2.16. The molecule has 0 aliphatic carbocycles. The third-order valence-electron chi connectivity index (χ3n) is 3.22. The number of hydrogen-bond donors (Lipinski definition) is 0. The lowest BCUT2D eigenvalue weighted by atomic mass is 10.2. The molecule has 1 atom stereocenters. The summed E-state index contributed by atoms with van der Waals surface area (Å²) in [5.74, 6) is 1.21. The van der Waals surface area contributed by atoms with Crippen LogP contribution >= 0.6 is 0 Å². The molecule has 5 heteroatoms. The van der Waals surface area contributed by atoms with Crippen LogP contribution in [-0.4, -0.2) is 28.8 Å². The maximum Gasteiger partial charge on any atom is 0.236 e. The Morgan fingerprint density at radius 1 is 1.21 bits per heavy atom. The molecular weight excluding hydrogens is 240 g/mol. The predicted molar refractivity (Wildman–Crippen MR) is 74.1 cm³/mol. The van der Waals surface area contributed by atoms with E-state index < -0.39 is 0 Å². The Kier molecular flexibility index (Phi) is 2.67. The van der Waals surface area contributed by atoms with Gasteiger partial charge in [-0.1, -0.05) is 30.3 Å². The van der Waals surface area contributed by atoms with E-state index >= 15 is 0 Å². The highest BCUT2D eigenvalue weighted by atomic mass is 16.2. The molecule has 0 fully saturated rings. The predicted octanol–water partition coefficient (Wildman–Crippen LogP) is 2.00. The first-order valence-electron chi connectivity index (χ1n) is 6.13. The summed E-state index contributed by atoms with van der Waals surface area (Å²) in [5.41, 5.74) is 0.973. The van der Waals surface area contributed by atoms with Gasteiger partial charge >= 0.3 is 0 Å². The van der Waals surface area contributed by atoms with Gasteiger partial charge in [-0.2, -0.15) is 9.78 Å². The number of benzene rings is 1. The van der Waals surface area contributed by atoms with Crippen LogP contribution in [0, 0.1) is 5.92 Å². The number of imidazole rings is 1. The molecule has 0 N–H and O–H groups in total. The standard InChI is InChI=1S/C14H14N4O/c1-10-8-16-18-12(17(2)14(10)19)9-15-13(18)11-6-4-3-5-7-11/h3-10H,1-2H3. The molecule has 2 aromatic rings. The Balaban J connectivity index is 2.16. The maximum absolute atomic E-state index is 12.0. The normalized spacial score (nSPS) is 18.3. The molecule has 1 aliphatic rings. The summed E-state index contributed by atoms with van der Waals surface area (Å²) in [6.07, 6.45) is 3.33. The lowest BCUT2D eigenvalue weighted by Crippen LogP contribution is -2.31. The summed E-state index contributed by atoms with van der Waals surface area (Å²) in [6.45, 7) is 1.84. The van der Waals surface area contributed by atoms with Crippen molar-refractivity contribution < 1.29 is 4.79 Å². The number of amides is 1. The van der Waals surface area contributed by atoms with Gasteiger partial charge in [-0.15, -0.1) is 0 Å². The molecule has 19 heavy (non-hydrogen) atoms. The molecule has 1 aliphatic heterocycles. The summed E-state index contributed by atoms with van der Waals surface area (Å²) in [5, 5.41) is 4.37. The summed E-state index contributed by atoms with van der Waals surface area (Å²) < 4.78 is 1.71. The van der Waals surface area contributed by atoms with Crippen LogP contribution in [0.2, 0.25) is 0 Å². The van der Waals surface area contributed by atoms with Gasteiger partial charge in [0.15, 0.2) is 11.6 Å².